The number of aliphatic hydroxyl groups excluding tert-OH is 1. The molecule has 1 aliphatic heterocycles. The summed E-state index contributed by atoms with van der Waals surface area (Å²) in [6.45, 7) is 2.27. The fraction of sp³-hybridized carbons (Fsp3) is 0.261. The molecular formula is C23H22N2O. The standard InChI is InChI=1S/C23H22N2O/c24-14-20-7-3-4-8-21(20)15-25-12-11-22(23(26)16-25)19-10-9-17-5-1-2-6-18(17)13-19/h1-10,13,22-23,26H,11-12,15-16H2/t22-,23+/m0/s1. The van der Waals surface area contributed by atoms with E-state index in [2.05, 4.69) is 53.4 Å². The molecule has 1 aliphatic rings. The molecule has 0 aromatic heterocycles. The molecule has 1 N–H and O–H groups in total. The summed E-state index contributed by atoms with van der Waals surface area (Å²) in [5.41, 5.74) is 2.97. The molecule has 1 fully saturated rings. The van der Waals surface area contributed by atoms with Gasteiger partial charge in [0.05, 0.1) is 17.7 Å². The number of hydrogen-bond donors (Lipinski definition) is 1. The van der Waals surface area contributed by atoms with Gasteiger partial charge in [-0.25, -0.2) is 0 Å². The minimum absolute atomic E-state index is 0.169. The maximum Gasteiger partial charge on any atom is 0.0995 e. The van der Waals surface area contributed by atoms with Crippen molar-refractivity contribution in [2.24, 2.45) is 0 Å². The highest BCUT2D eigenvalue weighted by Crippen LogP contribution is 2.31. The summed E-state index contributed by atoms with van der Waals surface area (Å²) in [4.78, 5) is 2.25. The molecule has 0 spiro atoms. The number of benzene rings is 3. The number of β-amino-alcohol motifs (C(OH)–C–C–N with tert-alkyl or cyclic N) is 1. The third-order valence-corrected chi connectivity index (χ3v) is 5.40. The Hall–Kier alpha value is -2.67. The van der Waals surface area contributed by atoms with Gasteiger partial charge >= 0.3 is 0 Å². The topological polar surface area (TPSA) is 47.3 Å². The number of likely N-dealkylation sites (tertiary alicyclic amines) is 1. The van der Waals surface area contributed by atoms with Crippen LogP contribution < -0.4 is 0 Å². The first-order chi connectivity index (χ1) is 12.7. The second-order valence-corrected chi connectivity index (χ2v) is 7.07. The maximum absolute atomic E-state index is 10.8. The average molecular weight is 342 g/mol. The van der Waals surface area contributed by atoms with Gasteiger partial charge in [-0.2, -0.15) is 5.26 Å². The largest absolute Gasteiger partial charge is 0.391 e. The first kappa shape index (κ1) is 16.8. The predicted octanol–water partition coefficient (Wildman–Crippen LogP) is 4.06. The molecule has 3 aromatic carbocycles. The molecule has 3 nitrogen and oxygen atoms in total. The second-order valence-electron chi connectivity index (χ2n) is 7.07. The van der Waals surface area contributed by atoms with Crippen molar-refractivity contribution in [3.63, 3.8) is 0 Å². The Kier molecular flexibility index (Phi) is 4.71. The molecule has 0 saturated carbocycles. The van der Waals surface area contributed by atoms with Crippen LogP contribution in [0.5, 0.6) is 0 Å². The minimum Gasteiger partial charge on any atom is -0.391 e. The molecule has 130 valence electrons. The smallest absolute Gasteiger partial charge is 0.0995 e. The van der Waals surface area contributed by atoms with Gasteiger partial charge in [-0.3, -0.25) is 4.90 Å². The van der Waals surface area contributed by atoms with Crippen LogP contribution in [0.4, 0.5) is 0 Å². The van der Waals surface area contributed by atoms with Crippen LogP contribution in [-0.2, 0) is 6.54 Å². The Labute approximate surface area is 154 Å². The highest BCUT2D eigenvalue weighted by molar-refractivity contribution is 5.83. The lowest BCUT2D eigenvalue weighted by Crippen LogP contribution is -2.42. The molecule has 1 heterocycles. The Morgan fingerprint density at radius 3 is 2.58 bits per heavy atom. The number of rotatable bonds is 3. The van der Waals surface area contributed by atoms with Gasteiger partial charge < -0.3 is 5.11 Å². The summed E-state index contributed by atoms with van der Waals surface area (Å²) in [5.74, 6) is 0.169. The first-order valence-electron chi connectivity index (χ1n) is 9.12. The average Bonchev–Trinajstić information content (AvgIpc) is 2.68. The normalized spacial score (nSPS) is 20.8. The lowest BCUT2D eigenvalue weighted by Gasteiger charge is -2.36. The van der Waals surface area contributed by atoms with E-state index in [-0.39, 0.29) is 12.0 Å². The van der Waals surface area contributed by atoms with Crippen LogP contribution in [0.2, 0.25) is 0 Å². The number of nitriles is 1. The van der Waals surface area contributed by atoms with E-state index in [0.29, 0.717) is 13.1 Å². The van der Waals surface area contributed by atoms with E-state index in [0.717, 1.165) is 24.1 Å². The monoisotopic (exact) mass is 342 g/mol. The SMILES string of the molecule is N#Cc1ccccc1CN1CC[C@@H](c2ccc3ccccc3c2)[C@H](O)C1. The second kappa shape index (κ2) is 7.29. The van der Waals surface area contributed by atoms with Crippen molar-refractivity contribution in [3.05, 3.63) is 83.4 Å². The number of hydrogen-bond acceptors (Lipinski definition) is 3. The molecule has 3 aromatic rings. The van der Waals surface area contributed by atoms with Crippen LogP contribution in [0.25, 0.3) is 10.8 Å². The molecule has 0 bridgehead atoms. The molecule has 2 atom stereocenters. The van der Waals surface area contributed by atoms with Crippen LogP contribution in [0.3, 0.4) is 0 Å². The molecule has 0 unspecified atom stereocenters. The molecule has 0 radical (unpaired) electrons. The number of fused-ring (bicyclic) bond motifs is 1. The molecule has 4 rings (SSSR count). The zero-order valence-electron chi connectivity index (χ0n) is 14.7. The van der Waals surface area contributed by atoms with E-state index in [1.54, 1.807) is 0 Å². The van der Waals surface area contributed by atoms with Gasteiger partial charge in [0, 0.05) is 19.0 Å². The van der Waals surface area contributed by atoms with Crippen LogP contribution in [0.1, 0.15) is 29.0 Å². The third kappa shape index (κ3) is 3.35. The van der Waals surface area contributed by atoms with Crippen LogP contribution in [0, 0.1) is 11.3 Å². The maximum atomic E-state index is 10.8. The fourth-order valence-electron chi connectivity index (χ4n) is 3.98. The lowest BCUT2D eigenvalue weighted by atomic mass is 9.86. The van der Waals surface area contributed by atoms with Crippen molar-refractivity contribution in [1.82, 2.24) is 4.90 Å². The van der Waals surface area contributed by atoms with Crippen molar-refractivity contribution < 1.29 is 5.11 Å². The van der Waals surface area contributed by atoms with Crippen LogP contribution in [-0.4, -0.2) is 29.2 Å². The fourth-order valence-corrected chi connectivity index (χ4v) is 3.98. The predicted molar refractivity (Wildman–Crippen MR) is 104 cm³/mol. The molecular weight excluding hydrogens is 320 g/mol. The molecule has 26 heavy (non-hydrogen) atoms. The minimum atomic E-state index is -0.390. The van der Waals surface area contributed by atoms with Crippen molar-refractivity contribution in [2.45, 2.75) is 25.0 Å². The zero-order chi connectivity index (χ0) is 17.9. The van der Waals surface area contributed by atoms with E-state index >= 15 is 0 Å². The van der Waals surface area contributed by atoms with Crippen molar-refractivity contribution >= 4 is 10.8 Å². The quantitative estimate of drug-likeness (QED) is 0.781. The van der Waals surface area contributed by atoms with Gasteiger partial charge in [0.2, 0.25) is 0 Å². The van der Waals surface area contributed by atoms with Gasteiger partial charge in [0.15, 0.2) is 0 Å². The van der Waals surface area contributed by atoms with E-state index in [1.807, 2.05) is 24.3 Å². The molecule has 0 aliphatic carbocycles. The van der Waals surface area contributed by atoms with E-state index < -0.39 is 0 Å². The number of nitrogens with zero attached hydrogens (tertiary/aromatic N) is 2. The summed E-state index contributed by atoms with van der Waals surface area (Å²) in [5, 5.41) is 22.5. The van der Waals surface area contributed by atoms with E-state index in [4.69, 9.17) is 0 Å². The Morgan fingerprint density at radius 1 is 1.00 bits per heavy atom. The Balaban J connectivity index is 1.48. The van der Waals surface area contributed by atoms with Gasteiger partial charge in [0.25, 0.3) is 0 Å². The molecule has 0 amide bonds. The highest BCUT2D eigenvalue weighted by atomic mass is 16.3. The summed E-state index contributed by atoms with van der Waals surface area (Å²) < 4.78 is 0. The van der Waals surface area contributed by atoms with Crippen molar-refractivity contribution in [1.29, 1.82) is 5.26 Å². The van der Waals surface area contributed by atoms with E-state index in [9.17, 15) is 10.4 Å². The Bertz CT molecular complexity index is 960. The lowest BCUT2D eigenvalue weighted by molar-refractivity contribution is 0.0477. The Morgan fingerprint density at radius 2 is 1.77 bits per heavy atom. The van der Waals surface area contributed by atoms with Crippen molar-refractivity contribution in [2.75, 3.05) is 13.1 Å². The van der Waals surface area contributed by atoms with Gasteiger partial charge in [-0.1, -0.05) is 60.7 Å². The summed E-state index contributed by atoms with van der Waals surface area (Å²) >= 11 is 0. The summed E-state index contributed by atoms with van der Waals surface area (Å²) in [6.07, 6.45) is 0.535. The summed E-state index contributed by atoms with van der Waals surface area (Å²) in [6, 6.07) is 24.8. The number of piperidine rings is 1. The third-order valence-electron chi connectivity index (χ3n) is 5.40. The molecule has 1 saturated heterocycles. The highest BCUT2D eigenvalue weighted by Gasteiger charge is 2.29. The van der Waals surface area contributed by atoms with Crippen LogP contribution in [0.15, 0.2) is 66.7 Å². The van der Waals surface area contributed by atoms with Gasteiger partial charge in [-0.05, 0) is 40.9 Å². The number of aliphatic hydroxyl groups is 1. The van der Waals surface area contributed by atoms with Gasteiger partial charge in [-0.15, -0.1) is 0 Å². The summed E-state index contributed by atoms with van der Waals surface area (Å²) in [7, 11) is 0. The van der Waals surface area contributed by atoms with Gasteiger partial charge in [0.1, 0.15) is 0 Å². The first-order valence-corrected chi connectivity index (χ1v) is 9.12. The van der Waals surface area contributed by atoms with E-state index in [1.165, 1.54) is 16.3 Å². The zero-order valence-corrected chi connectivity index (χ0v) is 14.7. The molecule has 3 heteroatoms. The van der Waals surface area contributed by atoms with Crippen molar-refractivity contribution in [3.8, 4) is 6.07 Å². The van der Waals surface area contributed by atoms with Crippen LogP contribution >= 0.6 is 0 Å².